The van der Waals surface area contributed by atoms with Gasteiger partial charge in [0.1, 0.15) is 12.1 Å². The van der Waals surface area contributed by atoms with E-state index in [1.165, 1.54) is 114 Å². The maximum atomic E-state index is 7.17. The number of quaternary nitrogens is 1. The third kappa shape index (κ3) is 6.14. The number of fused-ring (bicyclic) bond motifs is 5. The molecule has 252 valence electrons. The summed E-state index contributed by atoms with van der Waals surface area (Å²) in [6, 6.07) is 1.27. The van der Waals surface area contributed by atoms with Crippen molar-refractivity contribution in [1.29, 1.82) is 0 Å². The van der Waals surface area contributed by atoms with Crippen LogP contribution in [-0.4, -0.2) is 79.6 Å². The Morgan fingerprint density at radius 2 is 1.50 bits per heavy atom. The monoisotopic (exact) mass is 612 g/mol. The zero-order valence-electron chi connectivity index (χ0n) is 29.9. The summed E-state index contributed by atoms with van der Waals surface area (Å²) in [7, 11) is 0. The number of hydrogen-bond acceptors (Lipinski definition) is 3. The second kappa shape index (κ2) is 13.6. The first-order valence-corrected chi connectivity index (χ1v) is 19.5. The number of nitrogens with zero attached hydrogens (tertiary/aromatic N) is 2. The van der Waals surface area contributed by atoms with Crippen molar-refractivity contribution in [2.75, 3.05) is 45.9 Å². The summed E-state index contributed by atoms with van der Waals surface area (Å²) < 4.78 is 15.3. The molecule has 4 saturated carbocycles. The molecule has 6 fully saturated rings. The number of likely N-dealkylation sites (tertiary alicyclic amines) is 2. The SMILES string of the molecule is C=CC[N+]1(C2C[C@H]3[C@@H]4CCC5CC(OCC(C)C)C(N6CCCCC6)C[C@]5(C)[C@@H]4CC[C@]3(C)C2OCC(C)C)CCCCC1. The van der Waals surface area contributed by atoms with Crippen LogP contribution in [0.25, 0.3) is 0 Å². The van der Waals surface area contributed by atoms with Crippen LogP contribution in [0.5, 0.6) is 0 Å². The predicted octanol–water partition coefficient (Wildman–Crippen LogP) is 8.74. The molecule has 0 spiro atoms. The fourth-order valence-corrected chi connectivity index (χ4v) is 12.5. The minimum absolute atomic E-state index is 0.317. The van der Waals surface area contributed by atoms with Gasteiger partial charge in [0.15, 0.2) is 0 Å². The predicted molar refractivity (Wildman–Crippen MR) is 184 cm³/mol. The topological polar surface area (TPSA) is 21.7 Å². The highest BCUT2D eigenvalue weighted by molar-refractivity contribution is 5.14. The fourth-order valence-electron chi connectivity index (χ4n) is 12.5. The maximum Gasteiger partial charge on any atom is 0.117 e. The first kappa shape index (κ1) is 33.5. The Bertz CT molecular complexity index is 953. The van der Waals surface area contributed by atoms with Crippen molar-refractivity contribution >= 4 is 0 Å². The molecule has 0 aromatic carbocycles. The van der Waals surface area contributed by atoms with Crippen molar-refractivity contribution in [1.82, 2.24) is 4.90 Å². The highest BCUT2D eigenvalue weighted by atomic mass is 16.5. The molecule has 4 aliphatic carbocycles. The van der Waals surface area contributed by atoms with Crippen molar-refractivity contribution < 1.29 is 14.0 Å². The first-order valence-electron chi connectivity index (χ1n) is 19.5. The van der Waals surface area contributed by atoms with Gasteiger partial charge in [0, 0.05) is 31.1 Å². The second-order valence-electron chi connectivity index (χ2n) is 18.2. The van der Waals surface area contributed by atoms with E-state index in [0.29, 0.717) is 47.0 Å². The van der Waals surface area contributed by atoms with E-state index in [0.717, 1.165) is 43.4 Å². The van der Waals surface area contributed by atoms with E-state index in [1.54, 1.807) is 0 Å². The van der Waals surface area contributed by atoms with Gasteiger partial charge in [-0.3, -0.25) is 4.90 Å². The lowest BCUT2D eigenvalue weighted by Crippen LogP contribution is -2.62. The van der Waals surface area contributed by atoms with Gasteiger partial charge in [-0.2, -0.15) is 0 Å². The number of piperidine rings is 2. The number of rotatable bonds is 10. The molecule has 4 nitrogen and oxygen atoms in total. The van der Waals surface area contributed by atoms with Crippen LogP contribution in [0.1, 0.15) is 125 Å². The highest BCUT2D eigenvalue weighted by Crippen LogP contribution is 2.68. The average molecular weight is 612 g/mol. The fraction of sp³-hybridized carbons (Fsp3) is 0.950. The molecule has 0 aromatic rings. The van der Waals surface area contributed by atoms with Crippen LogP contribution in [0.4, 0.5) is 0 Å². The van der Waals surface area contributed by atoms with E-state index >= 15 is 0 Å². The molecule has 0 amide bonds. The summed E-state index contributed by atoms with van der Waals surface area (Å²) >= 11 is 0. The van der Waals surface area contributed by atoms with Gasteiger partial charge < -0.3 is 14.0 Å². The molecule has 2 aliphatic heterocycles. The third-order valence-corrected chi connectivity index (χ3v) is 14.6. The van der Waals surface area contributed by atoms with E-state index in [2.05, 4.69) is 59.1 Å². The van der Waals surface area contributed by atoms with Crippen LogP contribution in [0.15, 0.2) is 12.7 Å². The molecule has 10 atom stereocenters. The quantitative estimate of drug-likeness (QED) is 0.182. The molecule has 0 bridgehead atoms. The summed E-state index contributed by atoms with van der Waals surface area (Å²) in [5, 5.41) is 0. The maximum absolute atomic E-state index is 7.17. The Balaban J connectivity index is 1.28. The molecule has 6 aliphatic rings. The average Bonchev–Trinajstić information content (AvgIpc) is 3.32. The zero-order chi connectivity index (χ0) is 31.1. The van der Waals surface area contributed by atoms with Crippen LogP contribution in [0.3, 0.4) is 0 Å². The summed E-state index contributed by atoms with van der Waals surface area (Å²) in [5.41, 5.74) is 0.770. The smallest absolute Gasteiger partial charge is 0.117 e. The molecular formula is C40H71N2O2+. The number of hydrogen-bond donors (Lipinski definition) is 0. The van der Waals surface area contributed by atoms with Crippen molar-refractivity contribution in [3.63, 3.8) is 0 Å². The third-order valence-electron chi connectivity index (χ3n) is 14.6. The lowest BCUT2D eigenvalue weighted by molar-refractivity contribution is -0.953. The summed E-state index contributed by atoms with van der Waals surface area (Å²) in [4.78, 5) is 2.90. The normalized spacial score (nSPS) is 44.3. The summed E-state index contributed by atoms with van der Waals surface area (Å²) in [5.74, 6) is 4.59. The van der Waals surface area contributed by atoms with Gasteiger partial charge >= 0.3 is 0 Å². The van der Waals surface area contributed by atoms with Gasteiger partial charge in [-0.15, -0.1) is 0 Å². The Morgan fingerprint density at radius 3 is 2.18 bits per heavy atom. The van der Waals surface area contributed by atoms with Gasteiger partial charge in [0.25, 0.3) is 0 Å². The van der Waals surface area contributed by atoms with Crippen LogP contribution in [-0.2, 0) is 9.47 Å². The standard InChI is InChI=1S/C40H71N2O2/c1-8-21-42(22-13-10-14-23-42)36-25-34-32-16-15-31-24-37(43-27-29(2)3)35(41-19-11-9-12-20-41)26-40(31,7)33(32)17-18-39(34,6)38(36)44-28-30(4)5/h8,29-38H,1,9-28H2,2-7H3/q+1/t31?,32-,33-,34+,35?,36?,37?,38?,39+,40+/m1/s1. The number of ether oxygens (including phenoxy) is 2. The van der Waals surface area contributed by atoms with Crippen molar-refractivity contribution in [2.24, 2.45) is 46.3 Å². The first-order chi connectivity index (χ1) is 21.1. The van der Waals surface area contributed by atoms with Gasteiger partial charge in [0.05, 0.1) is 25.7 Å². The van der Waals surface area contributed by atoms with E-state index in [1.807, 2.05) is 0 Å². The molecule has 2 saturated heterocycles. The Labute approximate surface area is 272 Å². The van der Waals surface area contributed by atoms with Crippen molar-refractivity contribution in [3.05, 3.63) is 12.7 Å². The van der Waals surface area contributed by atoms with E-state index in [-0.39, 0.29) is 0 Å². The second-order valence-corrected chi connectivity index (χ2v) is 18.2. The molecule has 6 rings (SSSR count). The molecular weight excluding hydrogens is 540 g/mol. The van der Waals surface area contributed by atoms with Gasteiger partial charge in [0.2, 0.25) is 0 Å². The van der Waals surface area contributed by atoms with Gasteiger partial charge in [-0.1, -0.05) is 54.5 Å². The highest BCUT2D eigenvalue weighted by Gasteiger charge is 2.67. The van der Waals surface area contributed by atoms with E-state index in [9.17, 15) is 0 Å². The Kier molecular flexibility index (Phi) is 10.3. The molecule has 0 radical (unpaired) electrons. The molecule has 5 unspecified atom stereocenters. The minimum atomic E-state index is 0.317. The van der Waals surface area contributed by atoms with Crippen molar-refractivity contribution in [2.45, 2.75) is 149 Å². The van der Waals surface area contributed by atoms with Crippen LogP contribution in [0, 0.1) is 46.3 Å². The van der Waals surface area contributed by atoms with Gasteiger partial charge in [-0.05, 0) is 131 Å². The zero-order valence-corrected chi connectivity index (χ0v) is 29.9. The molecule has 44 heavy (non-hydrogen) atoms. The van der Waals surface area contributed by atoms with Crippen LogP contribution in [0.2, 0.25) is 0 Å². The molecule has 2 heterocycles. The van der Waals surface area contributed by atoms with Crippen molar-refractivity contribution in [3.8, 4) is 0 Å². The van der Waals surface area contributed by atoms with Crippen LogP contribution >= 0.6 is 0 Å². The van der Waals surface area contributed by atoms with E-state index in [4.69, 9.17) is 9.47 Å². The summed E-state index contributed by atoms with van der Waals surface area (Å²) in [6.45, 7) is 27.4. The van der Waals surface area contributed by atoms with Crippen LogP contribution < -0.4 is 0 Å². The summed E-state index contributed by atoms with van der Waals surface area (Å²) in [6.07, 6.45) is 21.2. The molecule has 0 N–H and O–H groups in total. The molecule has 4 heteroatoms. The minimum Gasteiger partial charge on any atom is -0.376 e. The lowest BCUT2D eigenvalue weighted by Gasteiger charge is -2.62. The van der Waals surface area contributed by atoms with E-state index < -0.39 is 0 Å². The molecule has 0 aromatic heterocycles. The largest absolute Gasteiger partial charge is 0.376 e. The Morgan fingerprint density at radius 1 is 0.818 bits per heavy atom. The lowest BCUT2D eigenvalue weighted by atomic mass is 9.44. The van der Waals surface area contributed by atoms with Gasteiger partial charge in [-0.25, -0.2) is 0 Å². The Hall–Kier alpha value is -0.420.